The summed E-state index contributed by atoms with van der Waals surface area (Å²) in [7, 11) is 0. The van der Waals surface area contributed by atoms with Crippen molar-refractivity contribution >= 4 is 0 Å². The highest BCUT2D eigenvalue weighted by molar-refractivity contribution is 5.27. The molecule has 0 saturated heterocycles. The summed E-state index contributed by atoms with van der Waals surface area (Å²) in [6.07, 6.45) is 5.63. The molecule has 0 amide bonds. The zero-order valence-electron chi connectivity index (χ0n) is 12.1. The molecule has 18 heavy (non-hydrogen) atoms. The van der Waals surface area contributed by atoms with Crippen molar-refractivity contribution in [1.29, 1.82) is 0 Å². The van der Waals surface area contributed by atoms with E-state index in [-0.39, 0.29) is 0 Å². The highest BCUT2D eigenvalue weighted by Gasteiger charge is 2.22. The summed E-state index contributed by atoms with van der Waals surface area (Å²) in [5.74, 6) is 1.59. The third kappa shape index (κ3) is 3.35. The molecular weight excluding hydrogens is 218 g/mol. The first kappa shape index (κ1) is 13.6. The molecule has 1 nitrogen and oxygen atoms in total. The van der Waals surface area contributed by atoms with Gasteiger partial charge in [0, 0.05) is 6.04 Å². The number of benzene rings is 1. The van der Waals surface area contributed by atoms with E-state index < -0.39 is 0 Å². The van der Waals surface area contributed by atoms with Crippen LogP contribution >= 0.6 is 0 Å². The summed E-state index contributed by atoms with van der Waals surface area (Å²) in [4.78, 5) is 0. The Morgan fingerprint density at radius 1 is 1.11 bits per heavy atom. The first-order chi connectivity index (χ1) is 8.70. The number of nitrogens with one attached hydrogen (secondary N) is 1. The SMILES string of the molecule is CCNC(CC1CCC1)c1ccc(C(C)C)cc1. The molecule has 1 saturated carbocycles. The van der Waals surface area contributed by atoms with Crippen LogP contribution in [0.5, 0.6) is 0 Å². The van der Waals surface area contributed by atoms with E-state index in [0.29, 0.717) is 12.0 Å². The minimum Gasteiger partial charge on any atom is -0.310 e. The Kier molecular flexibility index (Phi) is 4.82. The first-order valence-electron chi connectivity index (χ1n) is 7.54. The van der Waals surface area contributed by atoms with Crippen molar-refractivity contribution in [2.24, 2.45) is 5.92 Å². The number of rotatable bonds is 6. The lowest BCUT2D eigenvalue weighted by atomic mass is 9.79. The van der Waals surface area contributed by atoms with Gasteiger partial charge in [0.2, 0.25) is 0 Å². The lowest BCUT2D eigenvalue weighted by molar-refractivity contribution is 0.262. The summed E-state index contributed by atoms with van der Waals surface area (Å²) < 4.78 is 0. The van der Waals surface area contributed by atoms with Gasteiger partial charge in [0.25, 0.3) is 0 Å². The van der Waals surface area contributed by atoms with Crippen LogP contribution in [0.2, 0.25) is 0 Å². The Balaban J connectivity index is 2.03. The Bertz CT molecular complexity index is 348. The summed E-state index contributed by atoms with van der Waals surface area (Å²) in [5, 5.41) is 3.65. The Hall–Kier alpha value is -0.820. The highest BCUT2D eigenvalue weighted by Crippen LogP contribution is 2.34. The molecule has 1 aromatic carbocycles. The van der Waals surface area contributed by atoms with Crippen molar-refractivity contribution in [2.75, 3.05) is 6.54 Å². The molecule has 1 aliphatic rings. The molecule has 1 heteroatoms. The van der Waals surface area contributed by atoms with Gasteiger partial charge in [0.15, 0.2) is 0 Å². The van der Waals surface area contributed by atoms with Gasteiger partial charge in [-0.05, 0) is 35.9 Å². The van der Waals surface area contributed by atoms with Gasteiger partial charge in [0.1, 0.15) is 0 Å². The normalized spacial score (nSPS) is 17.8. The van der Waals surface area contributed by atoms with Gasteiger partial charge >= 0.3 is 0 Å². The smallest absolute Gasteiger partial charge is 0.0322 e. The maximum Gasteiger partial charge on any atom is 0.0322 e. The molecule has 1 fully saturated rings. The van der Waals surface area contributed by atoms with Crippen LogP contribution in [0.15, 0.2) is 24.3 Å². The van der Waals surface area contributed by atoms with Gasteiger partial charge in [-0.15, -0.1) is 0 Å². The molecule has 100 valence electrons. The van der Waals surface area contributed by atoms with Crippen LogP contribution in [-0.4, -0.2) is 6.54 Å². The van der Waals surface area contributed by atoms with E-state index in [1.165, 1.54) is 36.8 Å². The predicted molar refractivity (Wildman–Crippen MR) is 78.9 cm³/mol. The zero-order chi connectivity index (χ0) is 13.0. The highest BCUT2D eigenvalue weighted by atomic mass is 14.9. The predicted octanol–water partition coefficient (Wildman–Crippen LogP) is 4.65. The lowest BCUT2D eigenvalue weighted by Gasteiger charge is -2.30. The van der Waals surface area contributed by atoms with Gasteiger partial charge in [-0.1, -0.05) is 64.3 Å². The molecule has 0 heterocycles. The van der Waals surface area contributed by atoms with Crippen LogP contribution in [0.25, 0.3) is 0 Å². The average molecular weight is 245 g/mol. The maximum atomic E-state index is 3.65. The van der Waals surface area contributed by atoms with Gasteiger partial charge in [-0.2, -0.15) is 0 Å². The molecule has 1 N–H and O–H groups in total. The van der Waals surface area contributed by atoms with E-state index in [2.05, 4.69) is 50.4 Å². The Labute approximate surface area is 112 Å². The molecule has 0 bridgehead atoms. The Morgan fingerprint density at radius 2 is 1.72 bits per heavy atom. The third-order valence-electron chi connectivity index (χ3n) is 4.25. The molecule has 0 aliphatic heterocycles. The minimum absolute atomic E-state index is 0.557. The first-order valence-corrected chi connectivity index (χ1v) is 7.54. The average Bonchev–Trinajstić information content (AvgIpc) is 2.32. The van der Waals surface area contributed by atoms with E-state index in [1.807, 2.05) is 0 Å². The summed E-state index contributed by atoms with van der Waals surface area (Å²) in [6, 6.07) is 9.79. The standard InChI is InChI=1S/C17H27N/c1-4-18-17(12-14-6-5-7-14)16-10-8-15(9-11-16)13(2)3/h8-11,13-14,17-18H,4-7,12H2,1-3H3. The van der Waals surface area contributed by atoms with Gasteiger partial charge in [0.05, 0.1) is 0 Å². The second-order valence-electron chi connectivity index (χ2n) is 5.96. The monoisotopic (exact) mass is 245 g/mol. The molecule has 1 aromatic rings. The van der Waals surface area contributed by atoms with Gasteiger partial charge < -0.3 is 5.32 Å². The molecule has 0 spiro atoms. The molecule has 2 rings (SSSR count). The van der Waals surface area contributed by atoms with Crippen LogP contribution in [0.3, 0.4) is 0 Å². The van der Waals surface area contributed by atoms with Crippen molar-refractivity contribution in [1.82, 2.24) is 5.32 Å². The van der Waals surface area contributed by atoms with E-state index >= 15 is 0 Å². The fourth-order valence-corrected chi connectivity index (χ4v) is 2.76. The summed E-state index contributed by atoms with van der Waals surface area (Å²) in [5.41, 5.74) is 2.91. The van der Waals surface area contributed by atoms with Crippen LogP contribution < -0.4 is 5.32 Å². The van der Waals surface area contributed by atoms with Crippen LogP contribution in [-0.2, 0) is 0 Å². The van der Waals surface area contributed by atoms with E-state index in [9.17, 15) is 0 Å². The van der Waals surface area contributed by atoms with Crippen molar-refractivity contribution in [3.05, 3.63) is 35.4 Å². The lowest BCUT2D eigenvalue weighted by Crippen LogP contribution is -2.25. The largest absolute Gasteiger partial charge is 0.310 e. The number of hydrogen-bond donors (Lipinski definition) is 1. The fraction of sp³-hybridized carbons (Fsp3) is 0.647. The van der Waals surface area contributed by atoms with Crippen LogP contribution in [0.4, 0.5) is 0 Å². The van der Waals surface area contributed by atoms with E-state index in [1.54, 1.807) is 0 Å². The van der Waals surface area contributed by atoms with E-state index in [0.717, 1.165) is 12.5 Å². The molecule has 0 radical (unpaired) electrons. The quantitative estimate of drug-likeness (QED) is 0.769. The van der Waals surface area contributed by atoms with Gasteiger partial charge in [-0.3, -0.25) is 0 Å². The van der Waals surface area contributed by atoms with Gasteiger partial charge in [-0.25, -0.2) is 0 Å². The van der Waals surface area contributed by atoms with Crippen LogP contribution in [0.1, 0.15) is 69.5 Å². The maximum absolute atomic E-state index is 3.65. The van der Waals surface area contributed by atoms with Crippen molar-refractivity contribution < 1.29 is 0 Å². The molecule has 0 aromatic heterocycles. The van der Waals surface area contributed by atoms with Crippen molar-refractivity contribution in [2.45, 2.75) is 58.4 Å². The number of hydrogen-bond acceptors (Lipinski definition) is 1. The zero-order valence-corrected chi connectivity index (χ0v) is 12.1. The molecule has 1 atom stereocenters. The van der Waals surface area contributed by atoms with Crippen molar-refractivity contribution in [3.63, 3.8) is 0 Å². The molecular formula is C17H27N. The third-order valence-corrected chi connectivity index (χ3v) is 4.25. The topological polar surface area (TPSA) is 12.0 Å². The van der Waals surface area contributed by atoms with Crippen LogP contribution in [0, 0.1) is 5.92 Å². The van der Waals surface area contributed by atoms with E-state index in [4.69, 9.17) is 0 Å². The Morgan fingerprint density at radius 3 is 2.17 bits per heavy atom. The fourth-order valence-electron chi connectivity index (χ4n) is 2.76. The summed E-state index contributed by atoms with van der Waals surface area (Å²) >= 11 is 0. The minimum atomic E-state index is 0.557. The second kappa shape index (κ2) is 6.38. The summed E-state index contributed by atoms with van der Waals surface area (Å²) in [6.45, 7) is 7.77. The second-order valence-corrected chi connectivity index (χ2v) is 5.96. The molecule has 1 unspecified atom stereocenters. The van der Waals surface area contributed by atoms with Crippen molar-refractivity contribution in [3.8, 4) is 0 Å². The molecule has 1 aliphatic carbocycles.